The molecule has 0 bridgehead atoms. The first-order valence-electron chi connectivity index (χ1n) is 15.5. The molecule has 1 aliphatic carbocycles. The average Bonchev–Trinajstić information content (AvgIpc) is 3.06. The van der Waals surface area contributed by atoms with Crippen LogP contribution in [0.15, 0.2) is 97.0 Å². The van der Waals surface area contributed by atoms with Gasteiger partial charge in [-0.1, -0.05) is 32.2 Å². The van der Waals surface area contributed by atoms with E-state index in [9.17, 15) is 19.2 Å². The second-order valence-corrected chi connectivity index (χ2v) is 10.9. The Hall–Kier alpha value is -5.12. The number of esters is 4. The van der Waals surface area contributed by atoms with Crippen LogP contribution in [-0.4, -0.2) is 50.3 Å². The maximum absolute atomic E-state index is 12.9. The molecule has 10 nitrogen and oxygen atoms in total. The molecule has 250 valence electrons. The second-order valence-electron chi connectivity index (χ2n) is 10.9. The van der Waals surface area contributed by atoms with Crippen LogP contribution >= 0.6 is 0 Å². The van der Waals surface area contributed by atoms with E-state index in [1.165, 1.54) is 7.11 Å². The Balaban J connectivity index is 1.41. The highest BCUT2D eigenvalue weighted by atomic mass is 16.6. The van der Waals surface area contributed by atoms with E-state index in [2.05, 4.69) is 13.2 Å². The van der Waals surface area contributed by atoms with Crippen molar-refractivity contribution in [3.63, 3.8) is 0 Å². The van der Waals surface area contributed by atoms with Gasteiger partial charge in [-0.05, 0) is 87.1 Å². The molecule has 0 heterocycles. The van der Waals surface area contributed by atoms with Crippen molar-refractivity contribution in [2.75, 3.05) is 20.3 Å². The molecule has 3 rings (SSSR count). The topological polar surface area (TPSA) is 124 Å². The SMILES string of the molecule is C=CC(=O)Oc1ccc(CCC(=O)OC2=CC(C)C(OC(=O)c3ccc(OCCCCCCOC(=O)C(=C)C)cc3)C=C2OC)cc1. The van der Waals surface area contributed by atoms with Crippen LogP contribution < -0.4 is 9.47 Å². The van der Waals surface area contributed by atoms with Crippen LogP contribution in [-0.2, 0) is 39.8 Å². The van der Waals surface area contributed by atoms with Crippen molar-refractivity contribution < 1.29 is 47.6 Å². The molecule has 2 aromatic rings. The van der Waals surface area contributed by atoms with Gasteiger partial charge in [-0.25, -0.2) is 14.4 Å². The van der Waals surface area contributed by atoms with Crippen molar-refractivity contribution in [3.8, 4) is 11.5 Å². The van der Waals surface area contributed by atoms with Gasteiger partial charge in [0.15, 0.2) is 11.5 Å². The molecule has 1 aliphatic rings. The molecule has 0 aromatic heterocycles. The van der Waals surface area contributed by atoms with E-state index >= 15 is 0 Å². The summed E-state index contributed by atoms with van der Waals surface area (Å²) in [6, 6.07) is 13.5. The van der Waals surface area contributed by atoms with Crippen LogP contribution in [0.25, 0.3) is 0 Å². The van der Waals surface area contributed by atoms with E-state index in [0.29, 0.717) is 48.0 Å². The molecule has 47 heavy (non-hydrogen) atoms. The van der Waals surface area contributed by atoms with E-state index < -0.39 is 24.0 Å². The summed E-state index contributed by atoms with van der Waals surface area (Å²) in [7, 11) is 1.45. The normalized spacial score (nSPS) is 15.3. The lowest BCUT2D eigenvalue weighted by Gasteiger charge is -2.25. The van der Waals surface area contributed by atoms with Crippen LogP contribution in [0.3, 0.4) is 0 Å². The fourth-order valence-corrected chi connectivity index (χ4v) is 4.41. The molecule has 2 aromatic carbocycles. The van der Waals surface area contributed by atoms with Crippen LogP contribution in [0.4, 0.5) is 0 Å². The van der Waals surface area contributed by atoms with Crippen molar-refractivity contribution in [2.45, 2.75) is 58.5 Å². The lowest BCUT2D eigenvalue weighted by Crippen LogP contribution is -2.27. The summed E-state index contributed by atoms with van der Waals surface area (Å²) >= 11 is 0. The van der Waals surface area contributed by atoms with Gasteiger partial charge in [0.25, 0.3) is 0 Å². The Morgan fingerprint density at radius 3 is 2.13 bits per heavy atom. The zero-order valence-corrected chi connectivity index (χ0v) is 27.2. The monoisotopic (exact) mass is 646 g/mol. The number of hydrogen-bond donors (Lipinski definition) is 0. The van der Waals surface area contributed by atoms with Crippen molar-refractivity contribution in [1.82, 2.24) is 0 Å². The van der Waals surface area contributed by atoms with Gasteiger partial charge in [-0.15, -0.1) is 0 Å². The molecular formula is C37H42O10. The summed E-state index contributed by atoms with van der Waals surface area (Å²) in [5, 5.41) is 0. The molecule has 2 unspecified atom stereocenters. The summed E-state index contributed by atoms with van der Waals surface area (Å²) in [6.45, 7) is 11.3. The largest absolute Gasteiger partial charge is 0.494 e. The molecule has 0 amide bonds. The number of methoxy groups -OCH3 is 1. The van der Waals surface area contributed by atoms with Gasteiger partial charge < -0.3 is 28.4 Å². The average molecular weight is 647 g/mol. The van der Waals surface area contributed by atoms with Crippen LogP contribution in [0.5, 0.6) is 11.5 Å². The van der Waals surface area contributed by atoms with Crippen molar-refractivity contribution in [3.05, 3.63) is 108 Å². The Kier molecular flexibility index (Phi) is 14.5. The van der Waals surface area contributed by atoms with E-state index in [1.807, 2.05) is 6.92 Å². The highest BCUT2D eigenvalue weighted by Crippen LogP contribution is 2.28. The van der Waals surface area contributed by atoms with Gasteiger partial charge in [0, 0.05) is 30.1 Å². The lowest BCUT2D eigenvalue weighted by molar-refractivity contribution is -0.140. The molecule has 0 saturated carbocycles. The van der Waals surface area contributed by atoms with E-state index in [-0.39, 0.29) is 24.1 Å². The molecule has 2 atom stereocenters. The number of benzene rings is 2. The van der Waals surface area contributed by atoms with Crippen molar-refractivity contribution in [2.24, 2.45) is 5.92 Å². The third-order valence-corrected chi connectivity index (χ3v) is 7.08. The molecule has 0 spiro atoms. The predicted octanol–water partition coefficient (Wildman–Crippen LogP) is 6.60. The summed E-state index contributed by atoms with van der Waals surface area (Å²) < 4.78 is 32.7. The minimum atomic E-state index is -0.631. The highest BCUT2D eigenvalue weighted by molar-refractivity contribution is 5.90. The fraction of sp³-hybridized carbons (Fsp3) is 0.351. The molecule has 0 aliphatic heterocycles. The van der Waals surface area contributed by atoms with Gasteiger partial charge in [-0.2, -0.15) is 0 Å². The Bertz CT molecular complexity index is 1470. The van der Waals surface area contributed by atoms with Crippen molar-refractivity contribution in [1.29, 1.82) is 0 Å². The first-order valence-corrected chi connectivity index (χ1v) is 15.5. The fourth-order valence-electron chi connectivity index (χ4n) is 4.41. The number of carbonyl (C=O) groups is 4. The summed E-state index contributed by atoms with van der Waals surface area (Å²) in [6.07, 6.45) is 7.80. The molecule has 0 N–H and O–H groups in total. The molecule has 10 heteroatoms. The molecule has 0 radical (unpaired) electrons. The van der Waals surface area contributed by atoms with E-state index in [0.717, 1.165) is 37.3 Å². The first kappa shape index (κ1) is 36.3. The summed E-state index contributed by atoms with van der Waals surface area (Å²) in [4.78, 5) is 48.2. The zero-order chi connectivity index (χ0) is 34.2. The number of carbonyl (C=O) groups excluding carboxylic acids is 4. The van der Waals surface area contributed by atoms with Gasteiger partial charge in [0.05, 0.1) is 25.9 Å². The Labute approximate surface area is 275 Å². The van der Waals surface area contributed by atoms with Gasteiger partial charge in [0.1, 0.15) is 17.6 Å². The van der Waals surface area contributed by atoms with Gasteiger partial charge >= 0.3 is 23.9 Å². The van der Waals surface area contributed by atoms with Gasteiger partial charge in [-0.3, -0.25) is 4.79 Å². The lowest BCUT2D eigenvalue weighted by atomic mass is 9.97. The Morgan fingerprint density at radius 2 is 1.49 bits per heavy atom. The Morgan fingerprint density at radius 1 is 0.830 bits per heavy atom. The highest BCUT2D eigenvalue weighted by Gasteiger charge is 2.28. The third-order valence-electron chi connectivity index (χ3n) is 7.08. The number of ether oxygens (including phenoxy) is 6. The minimum Gasteiger partial charge on any atom is -0.494 e. The second kappa shape index (κ2) is 18.8. The van der Waals surface area contributed by atoms with Crippen LogP contribution in [0.2, 0.25) is 0 Å². The van der Waals surface area contributed by atoms with Crippen LogP contribution in [0.1, 0.15) is 61.9 Å². The third kappa shape index (κ3) is 12.3. The quantitative estimate of drug-likeness (QED) is 0.0575. The smallest absolute Gasteiger partial charge is 0.338 e. The number of aryl methyl sites for hydroxylation is 1. The maximum atomic E-state index is 12.9. The van der Waals surface area contributed by atoms with Crippen LogP contribution in [0, 0.1) is 5.92 Å². The number of unbranched alkanes of at least 4 members (excludes halogenated alkanes) is 3. The number of hydrogen-bond acceptors (Lipinski definition) is 10. The van der Waals surface area contributed by atoms with E-state index in [4.69, 9.17) is 28.4 Å². The van der Waals surface area contributed by atoms with Gasteiger partial charge in [0.2, 0.25) is 0 Å². The molecular weight excluding hydrogens is 604 g/mol. The summed E-state index contributed by atoms with van der Waals surface area (Å²) in [5.41, 5.74) is 1.64. The zero-order valence-electron chi connectivity index (χ0n) is 27.2. The molecule has 0 fully saturated rings. The first-order chi connectivity index (χ1) is 22.6. The minimum absolute atomic E-state index is 0.113. The maximum Gasteiger partial charge on any atom is 0.338 e. The van der Waals surface area contributed by atoms with Crippen molar-refractivity contribution >= 4 is 23.9 Å². The standard InChI is InChI=1S/C37H42O10/c1-6-34(38)45-30-16-11-27(12-17-30)13-20-35(39)46-33-23-26(4)31(24-32(33)42-5)47-37(41)28-14-18-29(19-15-28)43-21-9-7-8-10-22-44-36(40)25(2)3/h6,11-12,14-19,23-24,26,31H,1-2,7-10,13,20-22H2,3-5H3. The molecule has 0 saturated heterocycles. The number of rotatable bonds is 18. The van der Waals surface area contributed by atoms with E-state index in [1.54, 1.807) is 67.6 Å². The predicted molar refractivity (Wildman–Crippen MR) is 174 cm³/mol. The summed E-state index contributed by atoms with van der Waals surface area (Å²) in [5.74, 6) is -0.574.